The van der Waals surface area contributed by atoms with Gasteiger partial charge in [-0.3, -0.25) is 0 Å². The number of thioether (sulfide) groups is 1. The molecule has 0 bridgehead atoms. The highest BCUT2D eigenvalue weighted by atomic mass is 32.2. The van der Waals surface area contributed by atoms with Crippen LogP contribution in [0.3, 0.4) is 0 Å². The van der Waals surface area contributed by atoms with E-state index in [4.69, 9.17) is 9.84 Å². The summed E-state index contributed by atoms with van der Waals surface area (Å²) >= 11 is 1.79. The Morgan fingerprint density at radius 2 is 2.33 bits per heavy atom. The van der Waals surface area contributed by atoms with Gasteiger partial charge in [-0.05, 0) is 25.2 Å². The third-order valence-corrected chi connectivity index (χ3v) is 3.13. The van der Waals surface area contributed by atoms with Crippen LogP contribution in [0.15, 0.2) is 0 Å². The van der Waals surface area contributed by atoms with E-state index in [2.05, 4.69) is 6.92 Å². The van der Waals surface area contributed by atoms with Crippen LogP contribution in [0.2, 0.25) is 0 Å². The summed E-state index contributed by atoms with van der Waals surface area (Å²) in [4.78, 5) is 0. The fourth-order valence-corrected chi connectivity index (χ4v) is 1.63. The van der Waals surface area contributed by atoms with Crippen LogP contribution in [0.25, 0.3) is 0 Å². The first-order valence-electron chi connectivity index (χ1n) is 4.63. The Hall–Kier alpha value is 0.270. The molecule has 1 fully saturated rings. The normalized spacial score (nSPS) is 19.5. The molecule has 0 aromatic carbocycles. The summed E-state index contributed by atoms with van der Waals surface area (Å²) in [7, 11) is 0. The molecule has 0 saturated heterocycles. The van der Waals surface area contributed by atoms with Crippen molar-refractivity contribution in [1.82, 2.24) is 0 Å². The van der Waals surface area contributed by atoms with Gasteiger partial charge < -0.3 is 9.84 Å². The fraction of sp³-hybridized carbons (Fsp3) is 1.00. The second-order valence-electron chi connectivity index (χ2n) is 3.42. The highest BCUT2D eigenvalue weighted by molar-refractivity contribution is 7.99. The van der Waals surface area contributed by atoms with Gasteiger partial charge in [0.25, 0.3) is 0 Å². The van der Waals surface area contributed by atoms with E-state index in [9.17, 15) is 0 Å². The van der Waals surface area contributed by atoms with E-state index in [-0.39, 0.29) is 6.61 Å². The summed E-state index contributed by atoms with van der Waals surface area (Å²) in [6.07, 6.45) is 3.59. The zero-order valence-corrected chi connectivity index (χ0v) is 8.48. The maximum absolute atomic E-state index is 8.64. The highest BCUT2D eigenvalue weighted by Gasteiger charge is 2.20. The third kappa shape index (κ3) is 5.01. The standard InChI is InChI=1S/C9H18O2S/c1-8(4-5-10)12-7-11-6-9-2-3-9/h8-10H,2-7H2,1H3. The van der Waals surface area contributed by atoms with Crippen LogP contribution in [0.5, 0.6) is 0 Å². The van der Waals surface area contributed by atoms with Gasteiger partial charge in [-0.2, -0.15) is 0 Å². The zero-order chi connectivity index (χ0) is 8.81. The summed E-state index contributed by atoms with van der Waals surface area (Å²) in [5.41, 5.74) is 0. The molecule has 0 aliphatic heterocycles. The van der Waals surface area contributed by atoms with Crippen LogP contribution in [0.1, 0.15) is 26.2 Å². The molecule has 1 saturated carbocycles. The SMILES string of the molecule is CC(CCO)SCOCC1CC1. The summed E-state index contributed by atoms with van der Waals surface area (Å²) in [5.74, 6) is 1.65. The van der Waals surface area contributed by atoms with Gasteiger partial charge in [0.1, 0.15) is 0 Å². The Labute approximate surface area is 78.7 Å². The smallest absolute Gasteiger partial charge is 0.0923 e. The van der Waals surface area contributed by atoms with Crippen molar-refractivity contribution in [3.63, 3.8) is 0 Å². The topological polar surface area (TPSA) is 29.5 Å². The van der Waals surface area contributed by atoms with E-state index < -0.39 is 0 Å². The largest absolute Gasteiger partial charge is 0.396 e. The first-order valence-corrected chi connectivity index (χ1v) is 5.68. The van der Waals surface area contributed by atoms with E-state index in [1.165, 1.54) is 12.8 Å². The Bertz CT molecular complexity index is 115. The number of aliphatic hydroxyl groups excluding tert-OH is 1. The molecule has 1 aliphatic carbocycles. The molecule has 2 nitrogen and oxygen atoms in total. The molecule has 1 atom stereocenters. The van der Waals surface area contributed by atoms with Gasteiger partial charge in [-0.1, -0.05) is 6.92 Å². The fourth-order valence-electron chi connectivity index (χ4n) is 0.929. The Morgan fingerprint density at radius 1 is 1.58 bits per heavy atom. The van der Waals surface area contributed by atoms with Crippen LogP contribution in [0.4, 0.5) is 0 Å². The van der Waals surface area contributed by atoms with E-state index in [0.717, 1.165) is 24.9 Å². The number of ether oxygens (including phenoxy) is 1. The first-order chi connectivity index (χ1) is 5.83. The molecular weight excluding hydrogens is 172 g/mol. The van der Waals surface area contributed by atoms with Gasteiger partial charge in [-0.15, -0.1) is 11.8 Å². The minimum Gasteiger partial charge on any atom is -0.396 e. The van der Waals surface area contributed by atoms with Gasteiger partial charge in [-0.25, -0.2) is 0 Å². The number of rotatable bonds is 7. The minimum atomic E-state index is 0.288. The maximum Gasteiger partial charge on any atom is 0.0923 e. The molecule has 0 aromatic heterocycles. The van der Waals surface area contributed by atoms with E-state index in [1.54, 1.807) is 11.8 Å². The molecule has 1 unspecified atom stereocenters. The van der Waals surface area contributed by atoms with Gasteiger partial charge in [0.2, 0.25) is 0 Å². The number of aliphatic hydroxyl groups is 1. The van der Waals surface area contributed by atoms with Crippen LogP contribution in [0, 0.1) is 5.92 Å². The van der Waals surface area contributed by atoms with Crippen LogP contribution in [-0.4, -0.2) is 29.5 Å². The third-order valence-electron chi connectivity index (χ3n) is 2.02. The van der Waals surface area contributed by atoms with E-state index in [1.807, 2.05) is 0 Å². The van der Waals surface area contributed by atoms with Crippen molar-refractivity contribution in [3.05, 3.63) is 0 Å². The average Bonchev–Trinajstić information content (AvgIpc) is 2.82. The van der Waals surface area contributed by atoms with Gasteiger partial charge in [0.05, 0.1) is 12.5 Å². The van der Waals surface area contributed by atoms with Crippen molar-refractivity contribution < 1.29 is 9.84 Å². The van der Waals surface area contributed by atoms with Gasteiger partial charge in [0.15, 0.2) is 0 Å². The van der Waals surface area contributed by atoms with Crippen LogP contribution in [-0.2, 0) is 4.74 Å². The molecule has 0 aromatic rings. The Balaban J connectivity index is 1.80. The second-order valence-corrected chi connectivity index (χ2v) is 4.80. The predicted molar refractivity (Wildman–Crippen MR) is 52.3 cm³/mol. The van der Waals surface area contributed by atoms with Crippen molar-refractivity contribution >= 4 is 11.8 Å². The predicted octanol–water partition coefficient (Wildman–Crippen LogP) is 1.87. The lowest BCUT2D eigenvalue weighted by Crippen LogP contribution is -2.03. The quantitative estimate of drug-likeness (QED) is 0.491. The van der Waals surface area contributed by atoms with Crippen molar-refractivity contribution in [2.45, 2.75) is 31.4 Å². The average molecular weight is 190 g/mol. The van der Waals surface area contributed by atoms with Crippen molar-refractivity contribution in [3.8, 4) is 0 Å². The van der Waals surface area contributed by atoms with Crippen LogP contribution < -0.4 is 0 Å². The molecule has 1 N–H and O–H groups in total. The molecule has 0 heterocycles. The van der Waals surface area contributed by atoms with Gasteiger partial charge in [0, 0.05) is 11.9 Å². The second kappa shape index (κ2) is 5.84. The molecular formula is C9H18O2S. The molecule has 3 heteroatoms. The lowest BCUT2D eigenvalue weighted by atomic mass is 10.4. The summed E-state index contributed by atoms with van der Waals surface area (Å²) in [5, 5.41) is 9.16. The Morgan fingerprint density at radius 3 is 2.92 bits per heavy atom. The lowest BCUT2D eigenvalue weighted by molar-refractivity contribution is 0.170. The molecule has 72 valence electrons. The number of hydrogen-bond acceptors (Lipinski definition) is 3. The minimum absolute atomic E-state index is 0.288. The van der Waals surface area contributed by atoms with Crippen molar-refractivity contribution in [2.75, 3.05) is 19.2 Å². The van der Waals surface area contributed by atoms with Gasteiger partial charge >= 0.3 is 0 Å². The Kier molecular flexibility index (Phi) is 5.04. The molecule has 12 heavy (non-hydrogen) atoms. The molecule has 0 radical (unpaired) electrons. The van der Waals surface area contributed by atoms with Crippen molar-refractivity contribution in [1.29, 1.82) is 0 Å². The molecule has 1 aliphatic rings. The zero-order valence-electron chi connectivity index (χ0n) is 7.66. The summed E-state index contributed by atoms with van der Waals surface area (Å²) in [6.45, 7) is 3.36. The highest BCUT2D eigenvalue weighted by Crippen LogP contribution is 2.29. The lowest BCUT2D eigenvalue weighted by Gasteiger charge is -2.08. The van der Waals surface area contributed by atoms with E-state index in [0.29, 0.717) is 5.25 Å². The molecule has 0 amide bonds. The molecule has 1 rings (SSSR count). The maximum atomic E-state index is 8.64. The van der Waals surface area contributed by atoms with E-state index >= 15 is 0 Å². The van der Waals surface area contributed by atoms with Crippen molar-refractivity contribution in [2.24, 2.45) is 5.92 Å². The summed E-state index contributed by atoms with van der Waals surface area (Å²) < 4.78 is 5.46. The van der Waals surface area contributed by atoms with Crippen LogP contribution >= 0.6 is 11.8 Å². The number of hydrogen-bond donors (Lipinski definition) is 1. The first kappa shape index (κ1) is 10.4. The molecule has 0 spiro atoms. The summed E-state index contributed by atoms with van der Waals surface area (Å²) in [6, 6.07) is 0. The monoisotopic (exact) mass is 190 g/mol.